The number of rotatable bonds is 4. The first kappa shape index (κ1) is 14.3. The van der Waals surface area contributed by atoms with Crippen molar-refractivity contribution in [1.82, 2.24) is 19.9 Å². The van der Waals surface area contributed by atoms with Crippen LogP contribution in [-0.4, -0.2) is 19.9 Å². The van der Waals surface area contributed by atoms with Crippen LogP contribution >= 0.6 is 0 Å². The first-order valence-electron chi connectivity index (χ1n) is 7.42. The summed E-state index contributed by atoms with van der Waals surface area (Å²) in [6.07, 6.45) is 8.04. The molecule has 0 amide bonds. The number of hydrogen-bond donors (Lipinski definition) is 0. The van der Waals surface area contributed by atoms with Gasteiger partial charge in [0.15, 0.2) is 11.6 Å². The van der Waals surface area contributed by atoms with Crippen molar-refractivity contribution in [3.05, 3.63) is 60.7 Å². The highest BCUT2D eigenvalue weighted by Crippen LogP contribution is 2.27. The van der Waals surface area contributed by atoms with Crippen molar-refractivity contribution in [2.75, 3.05) is 0 Å². The molecule has 0 aliphatic rings. The zero-order chi connectivity index (χ0) is 15.4. The Bertz CT molecular complexity index is 740. The van der Waals surface area contributed by atoms with Crippen LogP contribution in [0, 0.1) is 5.92 Å². The average molecular weight is 290 g/mol. The number of benzene rings is 1. The van der Waals surface area contributed by atoms with E-state index in [0.717, 1.165) is 29.2 Å². The molecule has 3 aromatic rings. The summed E-state index contributed by atoms with van der Waals surface area (Å²) in [5.74, 6) is 2.04. The van der Waals surface area contributed by atoms with E-state index in [0.29, 0.717) is 5.92 Å². The predicted octanol–water partition coefficient (Wildman–Crippen LogP) is 3.80. The largest absolute Gasteiger partial charge is 0.237 e. The van der Waals surface area contributed by atoms with E-state index >= 15 is 0 Å². The summed E-state index contributed by atoms with van der Waals surface area (Å²) in [7, 11) is 0. The minimum atomic E-state index is 0.571. The minimum Gasteiger partial charge on any atom is -0.237 e. The fraction of sp³-hybridized carbons (Fsp3) is 0.222. The third-order valence-corrected chi connectivity index (χ3v) is 3.37. The maximum absolute atomic E-state index is 4.40. The highest BCUT2D eigenvalue weighted by molar-refractivity contribution is 5.69. The SMILES string of the molecule is CC(C)Cc1ccc(-c2ncccn2)cc1-c1ncccn1. The van der Waals surface area contributed by atoms with E-state index in [-0.39, 0.29) is 0 Å². The molecule has 0 saturated carbocycles. The Morgan fingerprint density at radius 2 is 1.41 bits per heavy atom. The van der Waals surface area contributed by atoms with Gasteiger partial charge in [0.05, 0.1) is 0 Å². The third-order valence-electron chi connectivity index (χ3n) is 3.37. The van der Waals surface area contributed by atoms with Gasteiger partial charge >= 0.3 is 0 Å². The topological polar surface area (TPSA) is 51.6 Å². The molecule has 1 aromatic carbocycles. The summed E-state index contributed by atoms with van der Waals surface area (Å²) in [5, 5.41) is 0. The van der Waals surface area contributed by atoms with Crippen LogP contribution in [0.5, 0.6) is 0 Å². The smallest absolute Gasteiger partial charge is 0.159 e. The van der Waals surface area contributed by atoms with E-state index in [9.17, 15) is 0 Å². The summed E-state index contributed by atoms with van der Waals surface area (Å²) < 4.78 is 0. The molecule has 0 fully saturated rings. The Labute approximate surface area is 130 Å². The maximum Gasteiger partial charge on any atom is 0.159 e. The molecule has 22 heavy (non-hydrogen) atoms. The standard InChI is InChI=1S/C18H18N4/c1-13(2)11-14-5-6-15(17-19-7-3-8-20-17)12-16(14)18-21-9-4-10-22-18/h3-10,12-13H,11H2,1-2H3. The summed E-state index contributed by atoms with van der Waals surface area (Å²) in [6.45, 7) is 4.42. The molecule has 0 bridgehead atoms. The van der Waals surface area contributed by atoms with Gasteiger partial charge in [-0.3, -0.25) is 0 Å². The van der Waals surface area contributed by atoms with Crippen molar-refractivity contribution < 1.29 is 0 Å². The van der Waals surface area contributed by atoms with E-state index < -0.39 is 0 Å². The lowest BCUT2D eigenvalue weighted by molar-refractivity contribution is 0.648. The van der Waals surface area contributed by atoms with Gasteiger partial charge in [-0.05, 0) is 36.1 Å². The molecular formula is C18H18N4. The van der Waals surface area contributed by atoms with Crippen molar-refractivity contribution >= 4 is 0 Å². The molecule has 3 rings (SSSR count). The van der Waals surface area contributed by atoms with Crippen LogP contribution in [0.3, 0.4) is 0 Å². The number of nitrogens with zero attached hydrogens (tertiary/aromatic N) is 4. The first-order chi connectivity index (χ1) is 10.7. The fourth-order valence-corrected chi connectivity index (χ4v) is 2.43. The number of aromatic nitrogens is 4. The van der Waals surface area contributed by atoms with E-state index in [1.807, 2.05) is 12.1 Å². The Hall–Kier alpha value is -2.62. The van der Waals surface area contributed by atoms with Crippen LogP contribution in [0.25, 0.3) is 22.8 Å². The number of hydrogen-bond acceptors (Lipinski definition) is 4. The molecule has 110 valence electrons. The van der Waals surface area contributed by atoms with Gasteiger partial charge in [0.1, 0.15) is 0 Å². The average Bonchev–Trinajstić information content (AvgIpc) is 2.56. The summed E-state index contributed by atoms with van der Waals surface area (Å²) in [5.41, 5.74) is 3.29. The van der Waals surface area contributed by atoms with Gasteiger partial charge in [0.25, 0.3) is 0 Å². The van der Waals surface area contributed by atoms with Crippen LogP contribution in [-0.2, 0) is 6.42 Å². The van der Waals surface area contributed by atoms with Crippen LogP contribution < -0.4 is 0 Å². The third kappa shape index (κ3) is 3.17. The highest BCUT2D eigenvalue weighted by Gasteiger charge is 2.12. The van der Waals surface area contributed by atoms with Gasteiger partial charge in [-0.1, -0.05) is 26.0 Å². The molecule has 0 aliphatic carbocycles. The molecule has 0 aliphatic heterocycles. The van der Waals surface area contributed by atoms with Gasteiger partial charge in [-0.2, -0.15) is 0 Å². The lowest BCUT2D eigenvalue weighted by Gasteiger charge is -2.12. The van der Waals surface area contributed by atoms with E-state index in [1.54, 1.807) is 24.8 Å². The van der Waals surface area contributed by atoms with Gasteiger partial charge in [0, 0.05) is 35.9 Å². The highest BCUT2D eigenvalue weighted by atomic mass is 14.9. The quantitative estimate of drug-likeness (QED) is 0.733. The lowest BCUT2D eigenvalue weighted by Crippen LogP contribution is -2.00. The lowest BCUT2D eigenvalue weighted by atomic mass is 9.95. The Kier molecular flexibility index (Phi) is 4.19. The molecule has 4 heteroatoms. The molecule has 0 radical (unpaired) electrons. The van der Waals surface area contributed by atoms with Gasteiger partial charge in [-0.15, -0.1) is 0 Å². The van der Waals surface area contributed by atoms with Gasteiger partial charge < -0.3 is 0 Å². The Morgan fingerprint density at radius 3 is 2.00 bits per heavy atom. The molecule has 2 heterocycles. The van der Waals surface area contributed by atoms with Crippen molar-refractivity contribution in [2.24, 2.45) is 5.92 Å². The molecule has 2 aromatic heterocycles. The molecule has 0 unspecified atom stereocenters. The van der Waals surface area contributed by atoms with Crippen LogP contribution in [0.1, 0.15) is 19.4 Å². The molecule has 0 spiro atoms. The molecule has 0 N–H and O–H groups in total. The fourth-order valence-electron chi connectivity index (χ4n) is 2.43. The van der Waals surface area contributed by atoms with E-state index in [2.05, 4.69) is 52.0 Å². The van der Waals surface area contributed by atoms with Crippen molar-refractivity contribution in [3.8, 4) is 22.8 Å². The van der Waals surface area contributed by atoms with E-state index in [4.69, 9.17) is 0 Å². The molecule has 0 atom stereocenters. The minimum absolute atomic E-state index is 0.571. The van der Waals surface area contributed by atoms with Gasteiger partial charge in [-0.25, -0.2) is 19.9 Å². The zero-order valence-electron chi connectivity index (χ0n) is 12.8. The van der Waals surface area contributed by atoms with Crippen LogP contribution in [0.2, 0.25) is 0 Å². The van der Waals surface area contributed by atoms with Crippen molar-refractivity contribution in [2.45, 2.75) is 20.3 Å². The molecule has 4 nitrogen and oxygen atoms in total. The predicted molar refractivity (Wildman–Crippen MR) is 87.0 cm³/mol. The normalized spacial score (nSPS) is 10.9. The molecular weight excluding hydrogens is 272 g/mol. The van der Waals surface area contributed by atoms with Crippen molar-refractivity contribution in [3.63, 3.8) is 0 Å². The second-order valence-corrected chi connectivity index (χ2v) is 5.61. The second-order valence-electron chi connectivity index (χ2n) is 5.61. The summed E-state index contributed by atoms with van der Waals surface area (Å²) in [4.78, 5) is 17.4. The Balaban J connectivity index is 2.10. The summed E-state index contributed by atoms with van der Waals surface area (Å²) in [6, 6.07) is 9.94. The zero-order valence-corrected chi connectivity index (χ0v) is 12.8. The second kappa shape index (κ2) is 6.43. The van der Waals surface area contributed by atoms with E-state index in [1.165, 1.54) is 5.56 Å². The maximum atomic E-state index is 4.40. The van der Waals surface area contributed by atoms with Crippen LogP contribution in [0.4, 0.5) is 0 Å². The Morgan fingerprint density at radius 1 is 0.818 bits per heavy atom. The van der Waals surface area contributed by atoms with Gasteiger partial charge in [0.2, 0.25) is 0 Å². The van der Waals surface area contributed by atoms with Crippen molar-refractivity contribution in [1.29, 1.82) is 0 Å². The molecule has 0 saturated heterocycles. The first-order valence-corrected chi connectivity index (χ1v) is 7.42. The monoisotopic (exact) mass is 290 g/mol. The summed E-state index contributed by atoms with van der Waals surface area (Å²) >= 11 is 0. The van der Waals surface area contributed by atoms with Crippen LogP contribution in [0.15, 0.2) is 55.1 Å².